The Labute approximate surface area is 222 Å². The minimum absolute atomic E-state index is 0.0241. The second-order valence-electron chi connectivity index (χ2n) is 11.4. The molecule has 5 heterocycles. The molecular weight excluding hydrogens is 505 g/mol. The van der Waals surface area contributed by atoms with Gasteiger partial charge in [-0.05, 0) is 55.9 Å². The van der Waals surface area contributed by atoms with Crippen LogP contribution >= 0.6 is 0 Å². The highest BCUT2D eigenvalue weighted by atomic mass is 19.1. The summed E-state index contributed by atoms with van der Waals surface area (Å²) in [6.07, 6.45) is 0.349. The summed E-state index contributed by atoms with van der Waals surface area (Å²) in [7, 11) is 0. The maximum absolute atomic E-state index is 15.1. The average Bonchev–Trinajstić information content (AvgIpc) is 3.45. The summed E-state index contributed by atoms with van der Waals surface area (Å²) in [5.41, 5.74) is 1.51. The van der Waals surface area contributed by atoms with Crippen LogP contribution in [-0.4, -0.2) is 49.2 Å². The van der Waals surface area contributed by atoms with E-state index in [9.17, 15) is 24.6 Å². The molecule has 1 amide bonds. The Morgan fingerprint density at radius 2 is 1.97 bits per heavy atom. The molecule has 39 heavy (non-hydrogen) atoms. The van der Waals surface area contributed by atoms with Crippen LogP contribution in [0.1, 0.15) is 66.5 Å². The number of esters is 1. The highest BCUT2D eigenvalue weighted by Gasteiger charge is 2.49. The lowest BCUT2D eigenvalue weighted by molar-refractivity contribution is -0.172. The molecule has 0 unspecified atom stereocenters. The molecule has 1 aromatic carbocycles. The molecule has 2 N–H and O–H groups in total. The molecule has 2 aromatic heterocycles. The normalized spacial score (nSPS) is 27.0. The van der Waals surface area contributed by atoms with Crippen molar-refractivity contribution in [2.75, 3.05) is 6.54 Å². The minimum atomic E-state index is -1.96. The molecule has 9 nitrogen and oxygen atoms in total. The largest absolute Gasteiger partial charge is 0.458 e. The van der Waals surface area contributed by atoms with E-state index in [1.54, 1.807) is 29.4 Å². The topological polar surface area (TPSA) is 122 Å². The van der Waals surface area contributed by atoms with Crippen molar-refractivity contribution >= 4 is 22.8 Å². The summed E-state index contributed by atoms with van der Waals surface area (Å²) in [5, 5.41) is 22.3. The van der Waals surface area contributed by atoms with Gasteiger partial charge in [-0.1, -0.05) is 6.92 Å². The first-order valence-corrected chi connectivity index (χ1v) is 13.3. The fourth-order valence-electron chi connectivity index (χ4n) is 7.22. The number of fused-ring (bicyclic) bond motifs is 5. The molecule has 202 valence electrons. The SMILES string of the molecule is CC[C@@]1(O)C(=O)OCc2c1cc1n(c2=O)Cc2c-1nc1cc(F)c(C)c3c1c2[C@@](C)(N1C[C@H](O)CC1=O)CC3. The number of amides is 1. The Morgan fingerprint density at radius 3 is 2.67 bits per heavy atom. The number of aliphatic hydroxyl groups is 2. The average molecular weight is 534 g/mol. The predicted octanol–water partition coefficient (Wildman–Crippen LogP) is 2.28. The number of carbonyl (C=O) groups excluding carboxylic acids is 2. The lowest BCUT2D eigenvalue weighted by Gasteiger charge is -2.44. The zero-order valence-electron chi connectivity index (χ0n) is 21.9. The molecular formula is C29H28FN3O6. The van der Waals surface area contributed by atoms with Gasteiger partial charge in [0, 0.05) is 29.1 Å². The number of likely N-dealkylation sites (tertiary alicyclic amines) is 1. The minimum Gasteiger partial charge on any atom is -0.458 e. The van der Waals surface area contributed by atoms with Gasteiger partial charge in [-0.15, -0.1) is 0 Å². The maximum Gasteiger partial charge on any atom is 0.343 e. The van der Waals surface area contributed by atoms with Crippen molar-refractivity contribution in [3.63, 3.8) is 0 Å². The Kier molecular flexibility index (Phi) is 4.84. The van der Waals surface area contributed by atoms with Gasteiger partial charge in [0.05, 0.1) is 47.1 Å². The molecule has 1 aliphatic carbocycles. The molecule has 1 fully saturated rings. The van der Waals surface area contributed by atoms with Gasteiger partial charge in [0.15, 0.2) is 5.60 Å². The number of hydrogen-bond acceptors (Lipinski definition) is 7. The standard InChI is InChI=1S/C29H28FN3O6/c1-4-29(38)18-8-21-25-16(11-32(21)26(36)17(18)12-39-27(29)37)24-23-15(13(2)19(30)9-20(23)31-25)5-6-28(24,3)33-10-14(34)7-22(33)35/h8-9,14,34,38H,4-7,10-12H2,1-3H3/t14-,28+,29+/m1/s1. The van der Waals surface area contributed by atoms with Gasteiger partial charge < -0.3 is 24.4 Å². The Morgan fingerprint density at radius 1 is 1.21 bits per heavy atom. The number of carbonyl (C=O) groups is 2. The summed E-state index contributed by atoms with van der Waals surface area (Å²) in [6, 6.07) is 3.03. The maximum atomic E-state index is 15.1. The third kappa shape index (κ3) is 2.96. The Hall–Kier alpha value is -3.63. The van der Waals surface area contributed by atoms with Crippen LogP contribution in [0.3, 0.4) is 0 Å². The number of β-amino-alcohol motifs (C(OH)–C–C–N with tert-alkyl or cyclic N) is 1. The summed E-state index contributed by atoms with van der Waals surface area (Å²) < 4.78 is 21.8. The van der Waals surface area contributed by atoms with Crippen molar-refractivity contribution in [1.82, 2.24) is 14.5 Å². The van der Waals surface area contributed by atoms with Gasteiger partial charge >= 0.3 is 5.97 Å². The van der Waals surface area contributed by atoms with E-state index in [-0.39, 0.29) is 60.9 Å². The van der Waals surface area contributed by atoms with Gasteiger partial charge in [0.25, 0.3) is 5.56 Å². The number of halogens is 1. The van der Waals surface area contributed by atoms with E-state index in [1.807, 2.05) is 6.92 Å². The van der Waals surface area contributed by atoms with Crippen molar-refractivity contribution in [2.45, 2.75) is 76.9 Å². The molecule has 10 heteroatoms. The second-order valence-corrected chi connectivity index (χ2v) is 11.4. The highest BCUT2D eigenvalue weighted by molar-refractivity contribution is 5.94. The van der Waals surface area contributed by atoms with Crippen LogP contribution in [-0.2, 0) is 45.0 Å². The lowest BCUT2D eigenvalue weighted by Crippen LogP contribution is -2.47. The number of ether oxygens (including phenoxy) is 1. The summed E-state index contributed by atoms with van der Waals surface area (Å²) >= 11 is 0. The van der Waals surface area contributed by atoms with Crippen molar-refractivity contribution in [2.24, 2.45) is 0 Å². The summed E-state index contributed by atoms with van der Waals surface area (Å²) in [6.45, 7) is 5.48. The first-order valence-electron chi connectivity index (χ1n) is 13.3. The number of benzene rings is 1. The van der Waals surface area contributed by atoms with E-state index in [0.717, 1.165) is 22.1 Å². The first-order chi connectivity index (χ1) is 18.5. The van der Waals surface area contributed by atoms with Crippen LogP contribution < -0.4 is 5.56 Å². The van der Waals surface area contributed by atoms with Gasteiger partial charge in [-0.25, -0.2) is 14.2 Å². The van der Waals surface area contributed by atoms with Crippen molar-refractivity contribution in [1.29, 1.82) is 0 Å². The van der Waals surface area contributed by atoms with Gasteiger partial charge in [0.2, 0.25) is 5.91 Å². The van der Waals surface area contributed by atoms with Crippen LogP contribution in [0.15, 0.2) is 16.9 Å². The monoisotopic (exact) mass is 533 g/mol. The zero-order valence-corrected chi connectivity index (χ0v) is 21.9. The lowest BCUT2D eigenvalue weighted by atomic mass is 9.73. The number of pyridine rings is 2. The number of cyclic esters (lactones) is 1. The molecule has 0 saturated carbocycles. The highest BCUT2D eigenvalue weighted by Crippen LogP contribution is 2.50. The molecule has 7 rings (SSSR count). The smallest absolute Gasteiger partial charge is 0.343 e. The molecule has 0 spiro atoms. The molecule has 3 aliphatic heterocycles. The van der Waals surface area contributed by atoms with E-state index in [0.29, 0.717) is 35.3 Å². The van der Waals surface area contributed by atoms with E-state index in [2.05, 4.69) is 0 Å². The van der Waals surface area contributed by atoms with E-state index in [4.69, 9.17) is 9.72 Å². The van der Waals surface area contributed by atoms with Crippen molar-refractivity contribution in [3.05, 3.63) is 61.7 Å². The number of aliphatic hydroxyl groups excluding tert-OH is 1. The third-order valence-corrected chi connectivity index (χ3v) is 9.40. The van der Waals surface area contributed by atoms with Crippen molar-refractivity contribution in [3.8, 4) is 11.4 Å². The van der Waals surface area contributed by atoms with Gasteiger partial charge in [-0.2, -0.15) is 0 Å². The number of aryl methyl sites for hydroxylation is 1. The van der Waals surface area contributed by atoms with E-state index < -0.39 is 23.2 Å². The number of aromatic nitrogens is 2. The van der Waals surface area contributed by atoms with Gasteiger partial charge in [-0.3, -0.25) is 9.59 Å². The van der Waals surface area contributed by atoms with E-state index in [1.165, 1.54) is 6.07 Å². The zero-order chi connectivity index (χ0) is 27.6. The fourth-order valence-corrected chi connectivity index (χ4v) is 7.22. The number of rotatable bonds is 2. The number of nitrogens with zero attached hydrogens (tertiary/aromatic N) is 3. The summed E-state index contributed by atoms with van der Waals surface area (Å²) in [5.74, 6) is -1.34. The number of hydrogen-bond donors (Lipinski definition) is 2. The fraction of sp³-hybridized carbons (Fsp3) is 0.448. The second kappa shape index (κ2) is 7.73. The molecule has 1 saturated heterocycles. The van der Waals surface area contributed by atoms with Crippen LogP contribution in [0, 0.1) is 12.7 Å². The molecule has 0 bridgehead atoms. The van der Waals surface area contributed by atoms with Crippen molar-refractivity contribution < 1.29 is 28.9 Å². The van der Waals surface area contributed by atoms with Crippen LogP contribution in [0.5, 0.6) is 0 Å². The van der Waals surface area contributed by atoms with E-state index >= 15 is 4.39 Å². The predicted molar refractivity (Wildman–Crippen MR) is 137 cm³/mol. The third-order valence-electron chi connectivity index (χ3n) is 9.40. The molecule has 3 atom stereocenters. The molecule has 3 aromatic rings. The Bertz CT molecular complexity index is 1730. The van der Waals surface area contributed by atoms with Crippen LogP contribution in [0.2, 0.25) is 0 Å². The summed E-state index contributed by atoms with van der Waals surface area (Å²) in [4.78, 5) is 46.0. The van der Waals surface area contributed by atoms with Gasteiger partial charge in [0.1, 0.15) is 12.4 Å². The molecule has 4 aliphatic rings. The first kappa shape index (κ1) is 24.4. The quantitative estimate of drug-likeness (QED) is 0.379. The molecule has 0 radical (unpaired) electrons. The van der Waals surface area contributed by atoms with Crippen LogP contribution in [0.4, 0.5) is 4.39 Å². The Balaban J connectivity index is 1.56. The van der Waals surface area contributed by atoms with Crippen LogP contribution in [0.25, 0.3) is 22.3 Å².